The number of likely N-dealkylation sites (tertiary alicyclic amines) is 1. The van der Waals surface area contributed by atoms with Gasteiger partial charge in [0, 0.05) is 25.2 Å². The minimum absolute atomic E-state index is 0.0409. The van der Waals surface area contributed by atoms with E-state index in [1.807, 2.05) is 20.8 Å². The van der Waals surface area contributed by atoms with Crippen molar-refractivity contribution in [1.82, 2.24) is 15.1 Å². The number of rotatable bonds is 9. The molecule has 3 unspecified atom stereocenters. The maximum Gasteiger partial charge on any atom is 0.333 e. The number of piperidine rings is 1. The Labute approximate surface area is 220 Å². The van der Waals surface area contributed by atoms with E-state index >= 15 is 0 Å². The first-order valence-electron chi connectivity index (χ1n) is 14.0. The van der Waals surface area contributed by atoms with Crippen LogP contribution in [0.1, 0.15) is 100 Å². The Kier molecular flexibility index (Phi) is 13.7. The molecule has 1 saturated carbocycles. The number of likely N-dealkylation sites (N-methyl/N-ethyl adjacent to an activating group) is 1. The topological polar surface area (TPSA) is 79.0 Å². The van der Waals surface area contributed by atoms with Gasteiger partial charge in [0.2, 0.25) is 11.8 Å². The van der Waals surface area contributed by atoms with E-state index in [2.05, 4.69) is 31.0 Å². The van der Waals surface area contributed by atoms with Crippen molar-refractivity contribution in [1.29, 1.82) is 0 Å². The Bertz CT molecular complexity index is 739. The van der Waals surface area contributed by atoms with Crippen molar-refractivity contribution in [2.45, 2.75) is 118 Å². The first-order chi connectivity index (χ1) is 16.9. The van der Waals surface area contributed by atoms with Gasteiger partial charge in [0.1, 0.15) is 6.04 Å². The lowest BCUT2D eigenvalue weighted by Crippen LogP contribution is -2.60. The first-order valence-corrected chi connectivity index (χ1v) is 14.0. The van der Waals surface area contributed by atoms with Crippen LogP contribution < -0.4 is 5.32 Å². The van der Waals surface area contributed by atoms with Gasteiger partial charge >= 0.3 is 5.97 Å². The van der Waals surface area contributed by atoms with Crippen LogP contribution in [-0.2, 0) is 19.1 Å². The second kappa shape index (κ2) is 15.4. The Morgan fingerprint density at radius 3 is 2.19 bits per heavy atom. The zero-order chi connectivity index (χ0) is 27.5. The van der Waals surface area contributed by atoms with Gasteiger partial charge in [-0.25, -0.2) is 4.79 Å². The van der Waals surface area contributed by atoms with Crippen LogP contribution in [0.5, 0.6) is 0 Å². The fraction of sp³-hybridized carbons (Fsp3) is 0.828. The molecule has 2 aliphatic rings. The van der Waals surface area contributed by atoms with Gasteiger partial charge in [0.15, 0.2) is 0 Å². The molecule has 2 rings (SSSR count). The van der Waals surface area contributed by atoms with E-state index in [4.69, 9.17) is 4.74 Å². The van der Waals surface area contributed by atoms with Crippen LogP contribution in [0.3, 0.4) is 0 Å². The van der Waals surface area contributed by atoms with Gasteiger partial charge in [-0.3, -0.25) is 14.5 Å². The third-order valence-electron chi connectivity index (χ3n) is 7.25. The fourth-order valence-electron chi connectivity index (χ4n) is 4.72. The number of hydrogen-bond acceptors (Lipinski definition) is 5. The third-order valence-corrected chi connectivity index (χ3v) is 7.25. The van der Waals surface area contributed by atoms with Crippen LogP contribution in [0.15, 0.2) is 11.6 Å². The molecule has 0 bridgehead atoms. The predicted octanol–water partition coefficient (Wildman–Crippen LogP) is 4.94. The van der Waals surface area contributed by atoms with Crippen molar-refractivity contribution in [3.8, 4) is 0 Å². The van der Waals surface area contributed by atoms with Gasteiger partial charge in [-0.1, -0.05) is 60.0 Å². The van der Waals surface area contributed by atoms with Gasteiger partial charge in [-0.2, -0.15) is 0 Å². The molecule has 0 aromatic heterocycles. The molecule has 7 heteroatoms. The molecule has 1 aliphatic heterocycles. The molecular formula is C29H53N3O4. The number of nitrogens with zero attached hydrogens (tertiary/aromatic N) is 2. The summed E-state index contributed by atoms with van der Waals surface area (Å²) in [6.45, 7) is 17.4. The van der Waals surface area contributed by atoms with Crippen molar-refractivity contribution in [3.63, 3.8) is 0 Å². The van der Waals surface area contributed by atoms with E-state index in [1.54, 1.807) is 31.9 Å². The van der Waals surface area contributed by atoms with Crippen LogP contribution in [0.2, 0.25) is 0 Å². The lowest BCUT2D eigenvalue weighted by molar-refractivity contribution is -0.141. The molecule has 0 spiro atoms. The molecule has 1 saturated heterocycles. The van der Waals surface area contributed by atoms with Crippen LogP contribution in [-0.4, -0.2) is 72.5 Å². The summed E-state index contributed by atoms with van der Waals surface area (Å²) < 4.78 is 5.00. The van der Waals surface area contributed by atoms with Gasteiger partial charge in [-0.05, 0) is 64.3 Å². The van der Waals surface area contributed by atoms with Gasteiger partial charge in [0.25, 0.3) is 0 Å². The number of ether oxygens (including phenoxy) is 1. The Hall–Kier alpha value is -1.89. The van der Waals surface area contributed by atoms with E-state index in [0.717, 1.165) is 25.8 Å². The molecule has 7 nitrogen and oxygen atoms in total. The minimum Gasteiger partial charge on any atom is -0.463 e. The molecule has 0 aromatic carbocycles. The normalized spacial score (nSPS) is 20.8. The molecule has 208 valence electrons. The highest BCUT2D eigenvalue weighted by atomic mass is 16.5. The molecule has 0 radical (unpaired) electrons. The van der Waals surface area contributed by atoms with Crippen LogP contribution in [0, 0.1) is 11.3 Å². The summed E-state index contributed by atoms with van der Waals surface area (Å²) in [6.07, 6.45) is 9.73. The van der Waals surface area contributed by atoms with Crippen LogP contribution in [0.25, 0.3) is 0 Å². The van der Waals surface area contributed by atoms with Crippen LogP contribution in [0.4, 0.5) is 0 Å². The quantitative estimate of drug-likeness (QED) is 0.353. The van der Waals surface area contributed by atoms with E-state index in [0.29, 0.717) is 24.1 Å². The summed E-state index contributed by atoms with van der Waals surface area (Å²) in [5.74, 6) is 0.106. The number of esters is 1. The highest BCUT2D eigenvalue weighted by molar-refractivity contribution is 5.91. The lowest BCUT2D eigenvalue weighted by atomic mass is 9.78. The molecule has 0 aromatic rings. The van der Waals surface area contributed by atoms with E-state index in [1.165, 1.54) is 25.7 Å². The summed E-state index contributed by atoms with van der Waals surface area (Å²) in [4.78, 5) is 42.6. The molecule has 2 amide bonds. The number of carbonyl (C=O) groups excluding carboxylic acids is 3. The van der Waals surface area contributed by atoms with Gasteiger partial charge in [0.05, 0.1) is 12.6 Å². The summed E-state index contributed by atoms with van der Waals surface area (Å²) in [5, 5.41) is 3.11. The average Bonchev–Trinajstić information content (AvgIpc) is 2.78. The molecule has 1 N–H and O–H groups in total. The Morgan fingerprint density at radius 1 is 1.08 bits per heavy atom. The number of amides is 2. The van der Waals surface area contributed by atoms with Crippen molar-refractivity contribution >= 4 is 17.8 Å². The average molecular weight is 508 g/mol. The van der Waals surface area contributed by atoms with Gasteiger partial charge < -0.3 is 15.0 Å². The number of hydrogen-bond donors (Lipinski definition) is 1. The smallest absolute Gasteiger partial charge is 0.333 e. The highest BCUT2D eigenvalue weighted by Crippen LogP contribution is 2.35. The van der Waals surface area contributed by atoms with Crippen molar-refractivity contribution in [2.24, 2.45) is 11.3 Å². The lowest BCUT2D eigenvalue weighted by Gasteiger charge is -2.45. The Morgan fingerprint density at radius 2 is 1.69 bits per heavy atom. The van der Waals surface area contributed by atoms with Gasteiger partial charge in [-0.15, -0.1) is 0 Å². The monoisotopic (exact) mass is 507 g/mol. The molecular weight excluding hydrogens is 454 g/mol. The molecule has 2 fully saturated rings. The fourth-order valence-corrected chi connectivity index (χ4v) is 4.72. The van der Waals surface area contributed by atoms with E-state index < -0.39 is 11.5 Å². The third kappa shape index (κ3) is 9.53. The second-order valence-electron chi connectivity index (χ2n) is 11.5. The Balaban J connectivity index is 0.00000205. The molecule has 36 heavy (non-hydrogen) atoms. The summed E-state index contributed by atoms with van der Waals surface area (Å²) >= 11 is 0. The SMILES string of the molecule is CCC.CCOC(=O)/C(C)=C/CN(C)C(=O)C(NC(=O)C1CCCCN1C(C)C1CCC1)C(C)(C)C. The largest absolute Gasteiger partial charge is 0.463 e. The second-order valence-corrected chi connectivity index (χ2v) is 11.5. The van der Waals surface area contributed by atoms with Crippen LogP contribution >= 0.6 is 0 Å². The zero-order valence-electron chi connectivity index (χ0n) is 24.5. The molecule has 3 atom stereocenters. The number of nitrogens with one attached hydrogen (secondary N) is 1. The zero-order valence-corrected chi connectivity index (χ0v) is 24.5. The highest BCUT2D eigenvalue weighted by Gasteiger charge is 2.40. The van der Waals surface area contributed by atoms with Crippen molar-refractivity contribution in [3.05, 3.63) is 11.6 Å². The summed E-state index contributed by atoms with van der Waals surface area (Å²) in [5.41, 5.74) is 0.0238. The van der Waals surface area contributed by atoms with E-state index in [-0.39, 0.29) is 30.4 Å². The first kappa shape index (κ1) is 32.1. The standard InChI is InChI=1S/C26H45N3O4.C3H8/c1-8-33-25(32)18(2)15-17-28(7)24(31)22(26(4,5)6)27-23(30)21-14-9-10-16-29(21)19(3)20-12-11-13-20;1-3-2/h15,19-22H,8-14,16-17H2,1-7H3,(H,27,30);3H2,1-2H3/b18-15+;. The molecule has 1 heterocycles. The predicted molar refractivity (Wildman–Crippen MR) is 147 cm³/mol. The maximum atomic E-state index is 13.5. The van der Waals surface area contributed by atoms with E-state index in [9.17, 15) is 14.4 Å². The summed E-state index contributed by atoms with van der Waals surface area (Å²) in [7, 11) is 1.70. The minimum atomic E-state index is -0.644. The maximum absolute atomic E-state index is 13.5. The molecule has 1 aliphatic carbocycles. The summed E-state index contributed by atoms with van der Waals surface area (Å²) in [6, 6.07) is -0.422. The van der Waals surface area contributed by atoms with Crippen molar-refractivity contribution < 1.29 is 19.1 Å². The number of carbonyl (C=O) groups is 3. The van der Waals surface area contributed by atoms with Crippen molar-refractivity contribution in [2.75, 3.05) is 26.7 Å².